The van der Waals surface area contributed by atoms with Gasteiger partial charge in [-0.25, -0.2) is 4.79 Å². The van der Waals surface area contributed by atoms with E-state index in [1.807, 2.05) is 158 Å². The Balaban J connectivity index is 0.000000300. The number of nitrogens with two attached hydrogens (primary N) is 1. The molecular formula is C72H94N2O20Si2. The van der Waals surface area contributed by atoms with E-state index in [9.17, 15) is 24.0 Å². The summed E-state index contributed by atoms with van der Waals surface area (Å²) >= 11 is 0. The van der Waals surface area contributed by atoms with E-state index in [4.69, 9.17) is 75.0 Å². The molecule has 0 aromatic heterocycles. The van der Waals surface area contributed by atoms with Gasteiger partial charge in [0, 0.05) is 86.9 Å². The number of imide groups is 1. The first-order valence-corrected chi connectivity index (χ1v) is 35.4. The SMILES string of the molecule is C=C(CCC(=O)ON1C(=O)CCC1=O)OCCOC(c1ccccc1)(c1ccc(OC)cc1)c1ccc(OC)cc1.CO[Si](CCCN)(OC)OC.COc1ccc(C(OCCOC(=O)CCC(=O)CCCC[Si](OC)(OC)OC)(c2ccccc2)c2ccc(OC)cc2)cc1. The monoisotopic (exact) mass is 1360 g/mol. The maximum absolute atomic E-state index is 12.5. The molecule has 0 aliphatic carbocycles. The average Bonchev–Trinajstić information content (AvgIpc) is 1.24. The zero-order chi connectivity index (χ0) is 69.8. The van der Waals surface area contributed by atoms with E-state index < -0.39 is 52.6 Å². The van der Waals surface area contributed by atoms with Crippen LogP contribution in [0.15, 0.2) is 170 Å². The number of hydroxylamine groups is 2. The van der Waals surface area contributed by atoms with Crippen molar-refractivity contribution in [3.8, 4) is 23.0 Å². The number of methoxy groups -OCH3 is 4. The van der Waals surface area contributed by atoms with Gasteiger partial charge in [0.2, 0.25) is 0 Å². The van der Waals surface area contributed by atoms with Gasteiger partial charge in [-0.2, -0.15) is 0 Å². The summed E-state index contributed by atoms with van der Waals surface area (Å²) in [5.74, 6) is 1.07. The molecule has 2 amide bonds. The summed E-state index contributed by atoms with van der Waals surface area (Å²) in [6.45, 7) is 5.03. The van der Waals surface area contributed by atoms with Crippen LogP contribution in [0.25, 0.3) is 0 Å². The topological polar surface area (TPSA) is 253 Å². The number of rotatable bonds is 40. The van der Waals surface area contributed by atoms with Crippen molar-refractivity contribution in [2.24, 2.45) is 5.73 Å². The Kier molecular flexibility index (Phi) is 33.6. The number of hydrogen-bond donors (Lipinski definition) is 1. The Morgan fingerprint density at radius 3 is 1.11 bits per heavy atom. The summed E-state index contributed by atoms with van der Waals surface area (Å²) in [6.07, 6.45) is 2.96. The molecule has 1 aliphatic heterocycles. The van der Waals surface area contributed by atoms with Crippen LogP contribution >= 0.6 is 0 Å². The van der Waals surface area contributed by atoms with E-state index in [0.29, 0.717) is 36.3 Å². The van der Waals surface area contributed by atoms with Crippen LogP contribution in [0.2, 0.25) is 12.1 Å². The predicted octanol–water partition coefficient (Wildman–Crippen LogP) is 11.1. The molecule has 22 nitrogen and oxygen atoms in total. The molecule has 0 spiro atoms. The standard InChI is InChI=1S/C34H44O9Si.C32H33NO8.C6H17NO3Si/c1-37-31-19-14-28(15-20-31)34(27-11-7-6-8-12-27,29-16-21-32(38-2)22-17-29)43-25-24-42-33(36)23-18-30(35)13-9-10-26-44(39-3,40-4)41-5;1-23(9-20-31(36)41-33-29(34)18-19-30(33)35)39-21-22-40-32(24-7-5-4-6-8-24,25-10-14-27(37-2)15-11-25)26-12-16-28(38-3)17-13-26;1-8-11(9-2,10-3)6-4-5-7/h6-8,11-12,14-17,19-22H,9-10,13,18,23-26H2,1-5H3;4-8,10-17H,1,9,18-22H2,2-3H3;4-7H2,1-3H3. The van der Waals surface area contributed by atoms with Gasteiger partial charge < -0.3 is 75.0 Å². The third kappa shape index (κ3) is 22.5. The molecule has 0 radical (unpaired) electrons. The van der Waals surface area contributed by atoms with Crippen molar-refractivity contribution < 1.29 is 93.3 Å². The Morgan fingerprint density at radius 1 is 0.417 bits per heavy atom. The first-order chi connectivity index (χ1) is 46.5. The largest absolute Gasteiger partial charge is 0.500 e. The van der Waals surface area contributed by atoms with E-state index in [1.165, 1.54) is 0 Å². The quantitative estimate of drug-likeness (QED) is 0.00937. The van der Waals surface area contributed by atoms with Crippen LogP contribution < -0.4 is 24.7 Å². The van der Waals surface area contributed by atoms with Gasteiger partial charge in [0.05, 0.1) is 60.3 Å². The molecule has 96 heavy (non-hydrogen) atoms. The fourth-order valence-corrected chi connectivity index (χ4v) is 14.1. The first kappa shape index (κ1) is 78.6. The Morgan fingerprint density at radius 2 is 0.760 bits per heavy atom. The number of carbonyl (C=O) groups is 5. The number of unbranched alkanes of at least 4 members (excludes halogenated alkanes) is 1. The van der Waals surface area contributed by atoms with Crippen LogP contribution in [-0.2, 0) is 85.5 Å². The van der Waals surface area contributed by atoms with E-state index >= 15 is 0 Å². The zero-order valence-electron chi connectivity index (χ0n) is 56.9. The predicted molar refractivity (Wildman–Crippen MR) is 364 cm³/mol. The van der Waals surface area contributed by atoms with Crippen molar-refractivity contribution in [3.63, 3.8) is 0 Å². The lowest BCUT2D eigenvalue weighted by molar-refractivity contribution is -0.197. The molecule has 0 bridgehead atoms. The minimum atomic E-state index is -2.64. The molecule has 520 valence electrons. The molecule has 2 N–H and O–H groups in total. The highest BCUT2D eigenvalue weighted by Crippen LogP contribution is 2.43. The number of benzene rings is 6. The van der Waals surface area contributed by atoms with Crippen LogP contribution in [0.5, 0.6) is 23.0 Å². The molecule has 24 heteroatoms. The fraction of sp³-hybridized carbons (Fsp3) is 0.403. The lowest BCUT2D eigenvalue weighted by Crippen LogP contribution is -2.42. The summed E-state index contributed by atoms with van der Waals surface area (Å²) in [4.78, 5) is 65.2. The second kappa shape index (κ2) is 41.1. The lowest BCUT2D eigenvalue weighted by atomic mass is 9.80. The normalized spacial score (nSPS) is 12.3. The van der Waals surface area contributed by atoms with Crippen molar-refractivity contribution in [3.05, 3.63) is 203 Å². The molecule has 1 fully saturated rings. The maximum Gasteiger partial charge on any atom is 0.500 e. The van der Waals surface area contributed by atoms with E-state index in [0.717, 1.165) is 75.3 Å². The van der Waals surface area contributed by atoms with Crippen molar-refractivity contribution in [2.45, 2.75) is 87.5 Å². The maximum atomic E-state index is 12.5. The number of ketones is 1. The molecule has 1 heterocycles. The van der Waals surface area contributed by atoms with Crippen LogP contribution in [-0.4, -0.2) is 156 Å². The van der Waals surface area contributed by atoms with Crippen molar-refractivity contribution in [1.82, 2.24) is 5.06 Å². The van der Waals surface area contributed by atoms with Gasteiger partial charge >= 0.3 is 29.5 Å². The number of allylic oxidation sites excluding steroid dienone is 1. The zero-order valence-corrected chi connectivity index (χ0v) is 58.9. The minimum Gasteiger partial charge on any atom is -0.497 e. The molecule has 6 aromatic rings. The van der Waals surface area contributed by atoms with Gasteiger partial charge in [-0.3, -0.25) is 19.2 Å². The highest BCUT2D eigenvalue weighted by atomic mass is 28.4. The van der Waals surface area contributed by atoms with E-state index in [-0.39, 0.29) is 70.7 Å². The summed E-state index contributed by atoms with van der Waals surface area (Å²) in [7, 11) is 11.1. The van der Waals surface area contributed by atoms with Crippen LogP contribution in [0.3, 0.4) is 0 Å². The Bertz CT molecular complexity index is 3150. The second-order valence-electron chi connectivity index (χ2n) is 21.6. The third-order valence-electron chi connectivity index (χ3n) is 15.9. The van der Waals surface area contributed by atoms with Gasteiger partial charge in [0.25, 0.3) is 11.8 Å². The van der Waals surface area contributed by atoms with Gasteiger partial charge in [-0.05, 0) is 108 Å². The number of esters is 1. The van der Waals surface area contributed by atoms with Crippen LogP contribution in [0.4, 0.5) is 0 Å². The van der Waals surface area contributed by atoms with Gasteiger partial charge in [-0.15, -0.1) is 5.06 Å². The van der Waals surface area contributed by atoms with Gasteiger partial charge in [0.1, 0.15) is 53.2 Å². The molecule has 6 aromatic carbocycles. The average molecular weight is 1360 g/mol. The number of amides is 2. The number of Topliss-reactive ketones (excluding diaryl/α,β-unsaturated/α-hetero) is 1. The van der Waals surface area contributed by atoms with E-state index in [1.54, 1.807) is 71.1 Å². The Labute approximate surface area is 566 Å². The minimum absolute atomic E-state index is 0.0137. The van der Waals surface area contributed by atoms with Gasteiger partial charge in [0.15, 0.2) is 0 Å². The molecule has 1 saturated heterocycles. The van der Waals surface area contributed by atoms with Gasteiger partial charge in [-0.1, -0.05) is 116 Å². The third-order valence-corrected chi connectivity index (χ3v) is 21.5. The fourth-order valence-electron chi connectivity index (χ4n) is 10.5. The molecule has 7 rings (SSSR count). The molecule has 0 atom stereocenters. The summed E-state index contributed by atoms with van der Waals surface area (Å²) in [5, 5.41) is 0.529. The summed E-state index contributed by atoms with van der Waals surface area (Å²) < 4.78 is 77.9. The number of ether oxygens (including phenoxy) is 8. The summed E-state index contributed by atoms with van der Waals surface area (Å²) in [5.41, 5.74) is 8.75. The molecule has 0 unspecified atom stereocenters. The molecule has 0 saturated carbocycles. The van der Waals surface area contributed by atoms with Crippen LogP contribution in [0, 0.1) is 0 Å². The van der Waals surface area contributed by atoms with Crippen LogP contribution in [0.1, 0.15) is 97.6 Å². The smallest absolute Gasteiger partial charge is 0.497 e. The Hall–Kier alpha value is -8.12. The number of nitrogens with zero attached hydrogens (tertiary/aromatic N) is 1. The summed E-state index contributed by atoms with van der Waals surface area (Å²) in [6, 6.07) is 52.1. The first-order valence-electron chi connectivity index (χ1n) is 31.5. The van der Waals surface area contributed by atoms with Crippen molar-refractivity contribution >= 4 is 47.1 Å². The molecular weight excluding hydrogens is 1270 g/mol. The lowest BCUT2D eigenvalue weighted by Gasteiger charge is -2.36. The second-order valence-corrected chi connectivity index (χ2v) is 27.8. The number of carbonyl (C=O) groups excluding carboxylic acids is 5. The molecule has 1 aliphatic rings. The van der Waals surface area contributed by atoms with Crippen molar-refractivity contribution in [2.75, 3.05) is 104 Å². The van der Waals surface area contributed by atoms with E-state index in [2.05, 4.69) is 6.58 Å². The van der Waals surface area contributed by atoms with Crippen molar-refractivity contribution in [1.29, 1.82) is 0 Å². The highest BCUT2D eigenvalue weighted by Gasteiger charge is 2.41. The highest BCUT2D eigenvalue weighted by molar-refractivity contribution is 6.60. The number of hydrogen-bond acceptors (Lipinski definition) is 21.